The number of carbonyl (C=O) groups is 1. The van der Waals surface area contributed by atoms with Gasteiger partial charge in [0, 0.05) is 24.7 Å². The molecule has 0 bridgehead atoms. The van der Waals surface area contributed by atoms with E-state index in [0.717, 1.165) is 38.7 Å². The number of hydrogen-bond donors (Lipinski definition) is 0. The number of carbonyl (C=O) groups excluding carboxylic acids is 1. The van der Waals surface area contributed by atoms with Crippen LogP contribution in [0.3, 0.4) is 0 Å². The van der Waals surface area contributed by atoms with Crippen molar-refractivity contribution in [2.45, 2.75) is 76.4 Å². The molecule has 2 fully saturated rings. The molecular formula is C24H37ClN2O3. The summed E-state index contributed by atoms with van der Waals surface area (Å²) in [5.41, 5.74) is 0. The van der Waals surface area contributed by atoms with E-state index in [1.54, 1.807) is 29.2 Å². The number of hydrogen-bond acceptors (Lipinski definition) is 4. The zero-order chi connectivity index (χ0) is 21.2. The van der Waals surface area contributed by atoms with Gasteiger partial charge in [-0.05, 0) is 95.3 Å². The molecule has 0 aromatic heterocycles. The van der Waals surface area contributed by atoms with Gasteiger partial charge >= 0.3 is 6.09 Å². The Balaban J connectivity index is 1.23. The molecule has 0 spiro atoms. The van der Waals surface area contributed by atoms with Gasteiger partial charge in [-0.25, -0.2) is 4.79 Å². The van der Waals surface area contributed by atoms with Crippen LogP contribution in [0.1, 0.15) is 64.2 Å². The van der Waals surface area contributed by atoms with Gasteiger partial charge in [0.15, 0.2) is 0 Å². The molecule has 1 aromatic rings. The largest absolute Gasteiger partial charge is 0.415 e. The first-order valence-corrected chi connectivity index (χ1v) is 12.0. The van der Waals surface area contributed by atoms with Crippen LogP contribution in [-0.4, -0.2) is 61.3 Å². The predicted molar refractivity (Wildman–Crippen MR) is 121 cm³/mol. The predicted octanol–water partition coefficient (Wildman–Crippen LogP) is 5.75. The van der Waals surface area contributed by atoms with Gasteiger partial charge in [-0.3, -0.25) is 0 Å². The Morgan fingerprint density at radius 1 is 1.03 bits per heavy atom. The van der Waals surface area contributed by atoms with Gasteiger partial charge in [0.1, 0.15) is 5.75 Å². The summed E-state index contributed by atoms with van der Waals surface area (Å²) in [5, 5.41) is 0.628. The minimum Gasteiger partial charge on any atom is -0.410 e. The number of halogens is 1. The fraction of sp³-hybridized carbons (Fsp3) is 0.708. The van der Waals surface area contributed by atoms with E-state index in [-0.39, 0.29) is 12.1 Å². The zero-order valence-electron chi connectivity index (χ0n) is 18.4. The maximum absolute atomic E-state index is 12.4. The van der Waals surface area contributed by atoms with Crippen LogP contribution in [0.15, 0.2) is 24.3 Å². The first kappa shape index (κ1) is 23.4. The molecule has 0 unspecified atom stereocenters. The number of unbranched alkanes of at least 4 members (excludes halogenated alkanes) is 3. The molecule has 1 aliphatic carbocycles. The number of nitrogens with zero attached hydrogens (tertiary/aromatic N) is 2. The number of amides is 1. The Morgan fingerprint density at radius 3 is 2.40 bits per heavy atom. The van der Waals surface area contributed by atoms with Crippen LogP contribution in [0, 0.1) is 0 Å². The summed E-state index contributed by atoms with van der Waals surface area (Å²) in [6, 6.07) is 7.09. The average Bonchev–Trinajstić information content (AvgIpc) is 3.28. The second-order valence-corrected chi connectivity index (χ2v) is 9.13. The highest BCUT2D eigenvalue weighted by Crippen LogP contribution is 2.26. The first-order valence-electron chi connectivity index (χ1n) is 11.7. The molecular weight excluding hydrogens is 400 g/mol. The minimum absolute atomic E-state index is 0.218. The molecule has 1 saturated carbocycles. The standard InChI is InChI=1S/C24H37ClN2O3/c1-26(24(28)30-23-12-8-20(25)9-13-23)21-10-14-22(15-11-21)29-19-7-3-2-4-16-27-17-5-6-18-27/h8-9,12-13,21-22H,2-7,10-11,14-19H2,1H3. The van der Waals surface area contributed by atoms with Crippen molar-refractivity contribution in [2.24, 2.45) is 0 Å². The molecule has 1 amide bonds. The van der Waals surface area contributed by atoms with Gasteiger partial charge in [-0.15, -0.1) is 0 Å². The van der Waals surface area contributed by atoms with Crippen LogP contribution in [0.4, 0.5) is 4.79 Å². The van der Waals surface area contributed by atoms with Crippen LogP contribution >= 0.6 is 11.6 Å². The number of benzene rings is 1. The van der Waals surface area contributed by atoms with E-state index < -0.39 is 0 Å². The maximum atomic E-state index is 12.4. The molecule has 0 N–H and O–H groups in total. The van der Waals surface area contributed by atoms with Gasteiger partial charge in [-0.1, -0.05) is 24.4 Å². The highest BCUT2D eigenvalue weighted by atomic mass is 35.5. The SMILES string of the molecule is CN(C(=O)Oc1ccc(Cl)cc1)C1CCC(OCCCCCCN2CCCC2)CC1. The van der Waals surface area contributed by atoms with Crippen molar-refractivity contribution in [2.75, 3.05) is 33.3 Å². The van der Waals surface area contributed by atoms with E-state index in [9.17, 15) is 4.79 Å². The molecule has 168 valence electrons. The van der Waals surface area contributed by atoms with E-state index in [0.29, 0.717) is 16.9 Å². The van der Waals surface area contributed by atoms with Gasteiger partial charge in [0.25, 0.3) is 0 Å². The summed E-state index contributed by atoms with van der Waals surface area (Å²) in [7, 11) is 1.83. The van der Waals surface area contributed by atoms with Crippen LogP contribution in [-0.2, 0) is 4.74 Å². The smallest absolute Gasteiger partial charge is 0.410 e. The molecule has 2 aliphatic rings. The molecule has 30 heavy (non-hydrogen) atoms. The fourth-order valence-electron chi connectivity index (χ4n) is 4.47. The third-order valence-corrected chi connectivity index (χ3v) is 6.67. The summed E-state index contributed by atoms with van der Waals surface area (Å²) in [6.07, 6.45) is 11.8. The van der Waals surface area contributed by atoms with Crippen LogP contribution in [0.5, 0.6) is 5.75 Å². The van der Waals surface area contributed by atoms with Crippen molar-refractivity contribution in [3.8, 4) is 5.75 Å². The Labute approximate surface area is 186 Å². The van der Waals surface area contributed by atoms with Gasteiger partial charge in [0.05, 0.1) is 6.10 Å². The summed E-state index contributed by atoms with van der Waals surface area (Å²) >= 11 is 5.87. The monoisotopic (exact) mass is 436 g/mol. The van der Waals surface area contributed by atoms with E-state index in [2.05, 4.69) is 4.90 Å². The number of ether oxygens (including phenoxy) is 2. The van der Waals surface area contributed by atoms with Gasteiger partial charge in [0.2, 0.25) is 0 Å². The molecule has 0 radical (unpaired) electrons. The lowest BCUT2D eigenvalue weighted by Crippen LogP contribution is -2.42. The molecule has 3 rings (SSSR count). The van der Waals surface area contributed by atoms with E-state index in [1.807, 2.05) is 7.05 Å². The van der Waals surface area contributed by atoms with Crippen molar-refractivity contribution < 1.29 is 14.3 Å². The molecule has 5 nitrogen and oxygen atoms in total. The second kappa shape index (κ2) is 12.5. The van der Waals surface area contributed by atoms with Crippen molar-refractivity contribution in [1.29, 1.82) is 0 Å². The van der Waals surface area contributed by atoms with Crippen LogP contribution in [0.25, 0.3) is 0 Å². The highest BCUT2D eigenvalue weighted by molar-refractivity contribution is 6.30. The molecule has 6 heteroatoms. The topological polar surface area (TPSA) is 42.0 Å². The van der Waals surface area contributed by atoms with E-state index in [4.69, 9.17) is 21.1 Å². The Bertz CT molecular complexity index is 626. The van der Waals surface area contributed by atoms with E-state index >= 15 is 0 Å². The normalized spacial score (nSPS) is 22.2. The lowest BCUT2D eigenvalue weighted by atomic mass is 9.92. The molecule has 1 aromatic carbocycles. The summed E-state index contributed by atoms with van der Waals surface area (Å²) < 4.78 is 11.6. The number of likely N-dealkylation sites (tertiary alicyclic amines) is 1. The van der Waals surface area contributed by atoms with Crippen molar-refractivity contribution in [3.63, 3.8) is 0 Å². The first-order chi connectivity index (χ1) is 14.6. The molecule has 1 saturated heterocycles. The third-order valence-electron chi connectivity index (χ3n) is 6.42. The molecule has 1 aliphatic heterocycles. The Kier molecular flexibility index (Phi) is 9.76. The van der Waals surface area contributed by atoms with E-state index in [1.165, 1.54) is 51.7 Å². The molecule has 0 atom stereocenters. The summed E-state index contributed by atoms with van der Waals surface area (Å²) in [4.78, 5) is 16.7. The fourth-order valence-corrected chi connectivity index (χ4v) is 4.60. The van der Waals surface area contributed by atoms with Gasteiger partial charge in [-0.2, -0.15) is 0 Å². The number of rotatable bonds is 10. The zero-order valence-corrected chi connectivity index (χ0v) is 19.1. The third kappa shape index (κ3) is 7.75. The van der Waals surface area contributed by atoms with Crippen LogP contribution < -0.4 is 4.74 Å². The second-order valence-electron chi connectivity index (χ2n) is 8.70. The Morgan fingerprint density at radius 2 is 1.70 bits per heavy atom. The summed E-state index contributed by atoms with van der Waals surface area (Å²) in [5.74, 6) is 0.522. The lowest BCUT2D eigenvalue weighted by Gasteiger charge is -2.34. The minimum atomic E-state index is -0.310. The molecule has 1 heterocycles. The van der Waals surface area contributed by atoms with Crippen molar-refractivity contribution >= 4 is 17.7 Å². The maximum Gasteiger partial charge on any atom is 0.415 e. The Hall–Kier alpha value is -1.30. The summed E-state index contributed by atoms with van der Waals surface area (Å²) in [6.45, 7) is 4.76. The highest BCUT2D eigenvalue weighted by Gasteiger charge is 2.27. The van der Waals surface area contributed by atoms with Gasteiger partial charge < -0.3 is 19.3 Å². The average molecular weight is 437 g/mol. The lowest BCUT2D eigenvalue weighted by molar-refractivity contribution is 0.0104. The van der Waals surface area contributed by atoms with Crippen molar-refractivity contribution in [1.82, 2.24) is 9.80 Å². The quantitative estimate of drug-likeness (QED) is 0.437. The van der Waals surface area contributed by atoms with Crippen LogP contribution in [0.2, 0.25) is 5.02 Å². The van der Waals surface area contributed by atoms with Crippen molar-refractivity contribution in [3.05, 3.63) is 29.3 Å².